The maximum atomic E-state index is 10.4. The standard InChI is InChI=1S/C27H36O11/c28-13-21-19(30)12-20(31)26(37-21)15-4-1-6-17(10-15)35-8-3-9-36-18-7-2-5-16(11-18)27-25(34)24(33)23(32)22(14-29)38-27/h1-2,4-7,10-11,19-34H,3,8-9,12-14H2/t19-,20-,21+,22+,23+,24-,25-,26+,27+/m0/s1. The van der Waals surface area contributed by atoms with Crippen molar-refractivity contribution in [3.63, 3.8) is 0 Å². The summed E-state index contributed by atoms with van der Waals surface area (Å²) in [5.41, 5.74) is 1.22. The van der Waals surface area contributed by atoms with Crippen molar-refractivity contribution in [2.24, 2.45) is 0 Å². The predicted molar refractivity (Wildman–Crippen MR) is 133 cm³/mol. The minimum atomic E-state index is -1.46. The molecule has 2 aliphatic heterocycles. The highest BCUT2D eigenvalue weighted by Crippen LogP contribution is 2.35. The SMILES string of the molecule is OC[C@H]1O[C@H](c2cccc(OCCCOc3cccc([C@H]4O[C@H](CO)[C@@H](O)C[C@@H]4O)c3)c2)[C@@H](O)[C@@H](O)[C@@H]1O. The Labute approximate surface area is 220 Å². The van der Waals surface area contributed by atoms with Gasteiger partial charge >= 0.3 is 0 Å². The minimum absolute atomic E-state index is 0.107. The monoisotopic (exact) mass is 536 g/mol. The zero-order chi connectivity index (χ0) is 27.2. The lowest BCUT2D eigenvalue weighted by atomic mass is 9.91. The first-order valence-electron chi connectivity index (χ1n) is 12.7. The Hall–Kier alpha value is -2.32. The molecule has 7 N–H and O–H groups in total. The van der Waals surface area contributed by atoms with Crippen molar-refractivity contribution >= 4 is 0 Å². The van der Waals surface area contributed by atoms with Crippen LogP contribution in [0.4, 0.5) is 0 Å². The molecule has 2 heterocycles. The number of aliphatic hydroxyl groups is 7. The van der Waals surface area contributed by atoms with E-state index in [9.17, 15) is 35.7 Å². The summed E-state index contributed by atoms with van der Waals surface area (Å²) in [5.74, 6) is 1.10. The Morgan fingerprint density at radius 1 is 0.658 bits per heavy atom. The van der Waals surface area contributed by atoms with E-state index in [4.69, 9.17) is 18.9 Å². The van der Waals surface area contributed by atoms with Gasteiger partial charge in [0.2, 0.25) is 0 Å². The molecule has 4 rings (SSSR count). The van der Waals surface area contributed by atoms with Crippen LogP contribution >= 0.6 is 0 Å². The van der Waals surface area contributed by atoms with E-state index in [0.29, 0.717) is 42.3 Å². The zero-order valence-corrected chi connectivity index (χ0v) is 20.8. The fourth-order valence-corrected chi connectivity index (χ4v) is 4.74. The van der Waals surface area contributed by atoms with E-state index in [1.165, 1.54) is 0 Å². The molecule has 0 bridgehead atoms. The summed E-state index contributed by atoms with van der Waals surface area (Å²) >= 11 is 0. The highest BCUT2D eigenvalue weighted by Gasteiger charge is 2.44. The summed E-state index contributed by atoms with van der Waals surface area (Å²) in [7, 11) is 0. The van der Waals surface area contributed by atoms with Crippen LogP contribution in [0.1, 0.15) is 36.2 Å². The lowest BCUT2D eigenvalue weighted by Crippen LogP contribution is -2.55. The predicted octanol–water partition coefficient (Wildman–Crippen LogP) is -0.407. The van der Waals surface area contributed by atoms with Crippen LogP contribution in [-0.4, -0.2) is 105 Å². The first kappa shape index (κ1) is 28.7. The average Bonchev–Trinajstić information content (AvgIpc) is 2.92. The molecule has 11 nitrogen and oxygen atoms in total. The normalized spacial score (nSPS) is 33.6. The summed E-state index contributed by atoms with van der Waals surface area (Å²) in [5, 5.41) is 69.5. The van der Waals surface area contributed by atoms with Gasteiger partial charge in [-0.3, -0.25) is 0 Å². The summed E-state index contributed by atoms with van der Waals surface area (Å²) in [6.07, 6.45) is -8.79. The van der Waals surface area contributed by atoms with Gasteiger partial charge in [0, 0.05) is 12.8 Å². The fraction of sp³-hybridized carbons (Fsp3) is 0.556. The maximum Gasteiger partial charge on any atom is 0.119 e. The Bertz CT molecular complexity index is 1020. The third-order valence-corrected chi connectivity index (χ3v) is 6.85. The van der Waals surface area contributed by atoms with Crippen LogP contribution in [0, 0.1) is 0 Å². The topological polar surface area (TPSA) is 179 Å². The van der Waals surface area contributed by atoms with Crippen molar-refractivity contribution in [3.05, 3.63) is 59.7 Å². The molecular formula is C27H36O11. The Morgan fingerprint density at radius 3 is 1.79 bits per heavy atom. The van der Waals surface area contributed by atoms with Gasteiger partial charge in [0.15, 0.2) is 0 Å². The molecule has 0 radical (unpaired) electrons. The number of aliphatic hydroxyl groups excluding tert-OH is 7. The van der Waals surface area contributed by atoms with Gasteiger partial charge in [-0.15, -0.1) is 0 Å². The van der Waals surface area contributed by atoms with Crippen molar-refractivity contribution in [1.29, 1.82) is 0 Å². The molecule has 0 saturated carbocycles. The zero-order valence-electron chi connectivity index (χ0n) is 20.8. The average molecular weight is 537 g/mol. The van der Waals surface area contributed by atoms with Crippen molar-refractivity contribution in [2.45, 2.75) is 67.8 Å². The Balaban J connectivity index is 1.27. The van der Waals surface area contributed by atoms with Crippen molar-refractivity contribution < 1.29 is 54.7 Å². The van der Waals surface area contributed by atoms with Gasteiger partial charge in [-0.25, -0.2) is 0 Å². The van der Waals surface area contributed by atoms with Crippen LogP contribution in [0.3, 0.4) is 0 Å². The highest BCUT2D eigenvalue weighted by atomic mass is 16.5. The summed E-state index contributed by atoms with van der Waals surface area (Å²) < 4.78 is 22.9. The molecule has 38 heavy (non-hydrogen) atoms. The van der Waals surface area contributed by atoms with E-state index in [1.807, 2.05) is 0 Å². The number of hydrogen-bond donors (Lipinski definition) is 7. The molecule has 0 spiro atoms. The van der Waals surface area contributed by atoms with Crippen LogP contribution in [0.2, 0.25) is 0 Å². The van der Waals surface area contributed by atoms with E-state index in [-0.39, 0.29) is 13.0 Å². The number of ether oxygens (including phenoxy) is 4. The summed E-state index contributed by atoms with van der Waals surface area (Å²) in [6.45, 7) is -0.159. The minimum Gasteiger partial charge on any atom is -0.493 e. The first-order chi connectivity index (χ1) is 18.3. The molecule has 2 fully saturated rings. The summed E-state index contributed by atoms with van der Waals surface area (Å²) in [4.78, 5) is 0. The lowest BCUT2D eigenvalue weighted by molar-refractivity contribution is -0.231. The third kappa shape index (κ3) is 6.63. The third-order valence-electron chi connectivity index (χ3n) is 6.85. The Kier molecular flexibility index (Phi) is 9.93. The number of rotatable bonds is 10. The smallest absolute Gasteiger partial charge is 0.119 e. The van der Waals surface area contributed by atoms with Gasteiger partial charge in [-0.1, -0.05) is 24.3 Å². The van der Waals surface area contributed by atoms with Crippen molar-refractivity contribution in [3.8, 4) is 11.5 Å². The summed E-state index contributed by atoms with van der Waals surface area (Å²) in [6, 6.07) is 13.9. The van der Waals surface area contributed by atoms with Gasteiger partial charge in [0.25, 0.3) is 0 Å². The molecule has 2 saturated heterocycles. The van der Waals surface area contributed by atoms with Crippen molar-refractivity contribution in [2.75, 3.05) is 26.4 Å². The lowest BCUT2D eigenvalue weighted by Gasteiger charge is -2.40. The second-order valence-corrected chi connectivity index (χ2v) is 9.59. The Morgan fingerprint density at radius 2 is 1.21 bits per heavy atom. The van der Waals surface area contributed by atoms with Crippen LogP contribution in [0.5, 0.6) is 11.5 Å². The highest BCUT2D eigenvalue weighted by molar-refractivity contribution is 5.32. The fourth-order valence-electron chi connectivity index (χ4n) is 4.74. The molecular weight excluding hydrogens is 500 g/mol. The quantitative estimate of drug-likeness (QED) is 0.196. The van der Waals surface area contributed by atoms with Gasteiger partial charge in [0.1, 0.15) is 54.2 Å². The van der Waals surface area contributed by atoms with Crippen LogP contribution in [0.15, 0.2) is 48.5 Å². The van der Waals surface area contributed by atoms with E-state index >= 15 is 0 Å². The van der Waals surface area contributed by atoms with E-state index in [0.717, 1.165) is 0 Å². The maximum absolute atomic E-state index is 10.4. The van der Waals surface area contributed by atoms with Gasteiger partial charge in [-0.2, -0.15) is 0 Å². The largest absolute Gasteiger partial charge is 0.493 e. The van der Waals surface area contributed by atoms with Gasteiger partial charge in [-0.05, 0) is 35.4 Å². The van der Waals surface area contributed by atoms with Gasteiger partial charge in [0.05, 0.1) is 38.6 Å². The second kappa shape index (κ2) is 13.2. The number of hydrogen-bond acceptors (Lipinski definition) is 11. The van der Waals surface area contributed by atoms with Crippen LogP contribution < -0.4 is 9.47 Å². The molecule has 2 aliphatic rings. The van der Waals surface area contributed by atoms with E-state index in [1.54, 1.807) is 48.5 Å². The first-order valence-corrected chi connectivity index (χ1v) is 12.7. The molecule has 0 aromatic heterocycles. The second-order valence-electron chi connectivity index (χ2n) is 9.59. The molecule has 0 aliphatic carbocycles. The number of benzene rings is 2. The molecule has 0 unspecified atom stereocenters. The molecule has 2 aromatic rings. The molecule has 0 amide bonds. The molecule has 210 valence electrons. The van der Waals surface area contributed by atoms with E-state index in [2.05, 4.69) is 0 Å². The van der Waals surface area contributed by atoms with Crippen molar-refractivity contribution in [1.82, 2.24) is 0 Å². The molecule has 2 aromatic carbocycles. The van der Waals surface area contributed by atoms with Crippen LogP contribution in [0.25, 0.3) is 0 Å². The van der Waals surface area contributed by atoms with E-state index < -0.39 is 61.5 Å². The molecule has 9 atom stereocenters. The van der Waals surface area contributed by atoms with Gasteiger partial charge < -0.3 is 54.7 Å². The molecule has 11 heteroatoms. The van der Waals surface area contributed by atoms with Crippen LogP contribution in [-0.2, 0) is 9.47 Å².